The highest BCUT2D eigenvalue weighted by atomic mass is 35.5. The fourth-order valence-corrected chi connectivity index (χ4v) is 7.87. The molecule has 4 aliphatic rings. The van der Waals surface area contributed by atoms with Gasteiger partial charge in [0.25, 0.3) is 11.8 Å². The minimum atomic E-state index is -1.93. The Bertz CT molecular complexity index is 1540. The number of anilines is 1. The molecule has 200 valence electrons. The molecule has 11 heteroatoms. The van der Waals surface area contributed by atoms with Crippen LogP contribution in [0.25, 0.3) is 0 Å². The number of phenols is 1. The number of carboxylic acid groups (broad SMARTS) is 1. The minimum Gasteiger partial charge on any atom is -0.508 e. The summed E-state index contributed by atoms with van der Waals surface area (Å²) in [5.74, 6) is -7.02. The lowest BCUT2D eigenvalue weighted by Crippen LogP contribution is -2.60. The first-order valence-corrected chi connectivity index (χ1v) is 13.1. The summed E-state index contributed by atoms with van der Waals surface area (Å²) >= 11 is 14.2. The van der Waals surface area contributed by atoms with E-state index >= 15 is 0 Å². The van der Waals surface area contributed by atoms with E-state index in [-0.39, 0.29) is 29.8 Å². The van der Waals surface area contributed by atoms with E-state index in [4.69, 9.17) is 23.2 Å². The number of amides is 4. The first-order valence-electron chi connectivity index (χ1n) is 12.3. The molecule has 3 fully saturated rings. The highest BCUT2D eigenvalue weighted by Gasteiger charge is 2.75. The number of aromatic hydroxyl groups is 1. The van der Waals surface area contributed by atoms with E-state index in [2.05, 4.69) is 0 Å². The van der Waals surface area contributed by atoms with Gasteiger partial charge in [-0.15, -0.1) is 23.2 Å². The van der Waals surface area contributed by atoms with Gasteiger partial charge < -0.3 is 10.2 Å². The maximum atomic E-state index is 13.9. The van der Waals surface area contributed by atoms with E-state index in [1.165, 1.54) is 43.4 Å². The summed E-state index contributed by atoms with van der Waals surface area (Å²) in [5, 5.41) is 19.6. The molecule has 2 aliphatic heterocycles. The van der Waals surface area contributed by atoms with Crippen molar-refractivity contribution in [2.75, 3.05) is 11.9 Å². The molecule has 6 rings (SSSR count). The molecular weight excluding hydrogens is 547 g/mol. The van der Waals surface area contributed by atoms with Crippen LogP contribution in [0.4, 0.5) is 5.69 Å². The topological polar surface area (TPSA) is 132 Å². The fourth-order valence-electron chi connectivity index (χ4n) is 6.85. The number of nitrogens with zero attached hydrogens (tertiary/aromatic N) is 2. The number of alkyl halides is 2. The third-order valence-electron chi connectivity index (χ3n) is 8.57. The van der Waals surface area contributed by atoms with Gasteiger partial charge in [0.15, 0.2) is 9.75 Å². The molecule has 0 spiro atoms. The van der Waals surface area contributed by atoms with Gasteiger partial charge in [0.05, 0.1) is 23.1 Å². The van der Waals surface area contributed by atoms with Gasteiger partial charge in [-0.2, -0.15) is 0 Å². The van der Waals surface area contributed by atoms with Crippen molar-refractivity contribution >= 4 is 58.5 Å². The van der Waals surface area contributed by atoms with E-state index in [9.17, 15) is 34.2 Å². The summed E-state index contributed by atoms with van der Waals surface area (Å²) < 4.78 is 0. The summed E-state index contributed by atoms with van der Waals surface area (Å²) in [6.45, 7) is 0. The summed E-state index contributed by atoms with van der Waals surface area (Å²) in [4.78, 5) is 64.0. The molecule has 9 nitrogen and oxygen atoms in total. The molecular formula is C28H22Cl2N2O7. The Morgan fingerprint density at radius 2 is 1.69 bits per heavy atom. The van der Waals surface area contributed by atoms with Crippen LogP contribution in [-0.4, -0.2) is 61.5 Å². The van der Waals surface area contributed by atoms with Crippen molar-refractivity contribution in [3.8, 4) is 5.75 Å². The maximum Gasteiger partial charge on any atom is 0.335 e. The van der Waals surface area contributed by atoms with Crippen LogP contribution in [0.1, 0.15) is 34.7 Å². The lowest BCUT2D eigenvalue weighted by molar-refractivity contribution is -0.138. The SMILES string of the molecule is CN1C(=O)[C@]2(Cl)C[C@@H]3C(=CC[C@@H]4C(=O)N(c5cccc(C(=O)O)c5)C(=O)[C@@H]43)[C@H](c3cccc(O)c3)[C@]2(Cl)C1=O. The van der Waals surface area contributed by atoms with E-state index in [1.54, 1.807) is 18.2 Å². The number of phenolic OH excluding ortho intramolecular Hbond substituents is 1. The quantitative estimate of drug-likeness (QED) is 0.330. The highest BCUT2D eigenvalue weighted by Crippen LogP contribution is 2.65. The zero-order chi connectivity index (χ0) is 28.0. The molecule has 2 aliphatic carbocycles. The van der Waals surface area contributed by atoms with Gasteiger partial charge in [0.2, 0.25) is 11.8 Å². The molecule has 0 radical (unpaired) electrons. The van der Waals surface area contributed by atoms with E-state index < -0.39 is 63.0 Å². The van der Waals surface area contributed by atoms with Crippen LogP contribution < -0.4 is 4.90 Å². The maximum absolute atomic E-state index is 13.9. The summed E-state index contributed by atoms with van der Waals surface area (Å²) in [5.41, 5.74) is 1.11. The Hall–Kier alpha value is -3.69. The molecule has 6 atom stereocenters. The fraction of sp³-hybridized carbons (Fsp3) is 0.321. The average molecular weight is 569 g/mol. The molecule has 2 aromatic rings. The van der Waals surface area contributed by atoms with Gasteiger partial charge >= 0.3 is 5.97 Å². The second-order valence-corrected chi connectivity index (χ2v) is 11.7. The number of allylic oxidation sites excluding steroid dienone is 2. The van der Waals surface area contributed by atoms with Crippen molar-refractivity contribution in [1.82, 2.24) is 4.90 Å². The van der Waals surface area contributed by atoms with Crippen molar-refractivity contribution in [2.24, 2.45) is 17.8 Å². The number of imide groups is 2. The molecule has 2 heterocycles. The lowest BCUT2D eigenvalue weighted by Gasteiger charge is -2.50. The van der Waals surface area contributed by atoms with E-state index in [0.717, 1.165) is 9.80 Å². The molecule has 2 N–H and O–H groups in total. The Kier molecular flexibility index (Phi) is 5.51. The molecule has 1 saturated carbocycles. The Morgan fingerprint density at radius 1 is 0.974 bits per heavy atom. The van der Waals surface area contributed by atoms with Gasteiger partial charge in [0.1, 0.15) is 5.75 Å². The molecule has 0 bridgehead atoms. The van der Waals surface area contributed by atoms with Crippen LogP contribution in [0.15, 0.2) is 60.2 Å². The number of likely N-dealkylation sites (tertiary alicyclic amines) is 1. The monoisotopic (exact) mass is 568 g/mol. The standard InChI is InChI=1S/C28H22Cl2N2O7/c1-31-25(38)27(29)12-19-17(21(28(27,30)26(31)39)13-4-3-7-16(33)11-13)8-9-18-20(19)23(35)32(22(18)34)15-6-2-5-14(10-15)24(36)37/h2-8,10-11,18-21,33H,9,12H2,1H3,(H,36,37)/t18-,19+,20-,21-,27+,28-/m0/s1. The van der Waals surface area contributed by atoms with E-state index in [1.807, 2.05) is 0 Å². The number of hydrogen-bond donors (Lipinski definition) is 2. The number of rotatable bonds is 3. The highest BCUT2D eigenvalue weighted by molar-refractivity contribution is 6.53. The number of carboxylic acids is 1. The predicted octanol–water partition coefficient (Wildman–Crippen LogP) is 3.28. The van der Waals surface area contributed by atoms with Gasteiger partial charge in [-0.25, -0.2) is 4.79 Å². The average Bonchev–Trinajstić information content (AvgIpc) is 3.23. The largest absolute Gasteiger partial charge is 0.508 e. The van der Waals surface area contributed by atoms with Gasteiger partial charge in [-0.1, -0.05) is 29.8 Å². The third-order valence-corrected chi connectivity index (χ3v) is 9.98. The van der Waals surface area contributed by atoms with Crippen LogP contribution in [0.5, 0.6) is 5.75 Å². The zero-order valence-electron chi connectivity index (χ0n) is 20.5. The third kappa shape index (κ3) is 3.23. The molecule has 4 amide bonds. The van der Waals surface area contributed by atoms with Crippen molar-refractivity contribution in [3.05, 3.63) is 71.3 Å². The molecule has 2 aromatic carbocycles. The number of halogens is 2. The summed E-state index contributed by atoms with van der Waals surface area (Å²) in [7, 11) is 1.30. The van der Waals surface area contributed by atoms with Gasteiger partial charge in [-0.3, -0.25) is 29.0 Å². The summed E-state index contributed by atoms with van der Waals surface area (Å²) in [6, 6.07) is 11.7. The van der Waals surface area contributed by atoms with Crippen LogP contribution in [0, 0.1) is 17.8 Å². The van der Waals surface area contributed by atoms with Crippen molar-refractivity contribution in [3.63, 3.8) is 0 Å². The van der Waals surface area contributed by atoms with Crippen LogP contribution in [-0.2, 0) is 19.2 Å². The summed E-state index contributed by atoms with van der Waals surface area (Å²) in [6.07, 6.45) is 1.81. The Balaban J connectivity index is 1.50. The molecule has 2 saturated heterocycles. The minimum absolute atomic E-state index is 0.0758. The first kappa shape index (κ1) is 25.6. The van der Waals surface area contributed by atoms with Crippen molar-refractivity contribution in [2.45, 2.75) is 28.5 Å². The van der Waals surface area contributed by atoms with Crippen molar-refractivity contribution < 1.29 is 34.2 Å². The normalized spacial score (nSPS) is 33.6. The number of fused-ring (bicyclic) bond motifs is 4. The Morgan fingerprint density at radius 3 is 2.38 bits per heavy atom. The molecule has 0 unspecified atom stereocenters. The second kappa shape index (κ2) is 8.40. The number of benzene rings is 2. The van der Waals surface area contributed by atoms with Gasteiger partial charge in [-0.05, 0) is 54.7 Å². The molecule has 0 aromatic heterocycles. The van der Waals surface area contributed by atoms with Crippen LogP contribution >= 0.6 is 23.2 Å². The predicted molar refractivity (Wildman–Crippen MR) is 139 cm³/mol. The molecule has 39 heavy (non-hydrogen) atoms. The van der Waals surface area contributed by atoms with Crippen molar-refractivity contribution in [1.29, 1.82) is 0 Å². The number of carbonyl (C=O) groups is 5. The zero-order valence-corrected chi connectivity index (χ0v) is 22.0. The number of hydrogen-bond acceptors (Lipinski definition) is 6. The smallest absolute Gasteiger partial charge is 0.335 e. The van der Waals surface area contributed by atoms with Gasteiger partial charge in [0, 0.05) is 13.0 Å². The second-order valence-electron chi connectivity index (χ2n) is 10.5. The van der Waals surface area contributed by atoms with E-state index in [0.29, 0.717) is 11.1 Å². The van der Waals surface area contributed by atoms with Crippen LogP contribution in [0.2, 0.25) is 0 Å². The number of carbonyl (C=O) groups excluding carboxylic acids is 4. The first-order chi connectivity index (χ1) is 18.4. The Labute approximate surface area is 232 Å². The van der Waals surface area contributed by atoms with Crippen LogP contribution in [0.3, 0.4) is 0 Å². The number of aromatic carboxylic acids is 1. The lowest BCUT2D eigenvalue weighted by atomic mass is 9.56.